The lowest BCUT2D eigenvalue weighted by molar-refractivity contribution is -0.122. The number of rotatable bonds is 6. The molecule has 4 heteroatoms. The van der Waals surface area contributed by atoms with E-state index in [-0.39, 0.29) is 5.91 Å². The molecule has 0 bridgehead atoms. The highest BCUT2D eigenvalue weighted by atomic mass is 35.5. The number of carbonyl (C=O) groups excluding carboxylic acids is 1. The van der Waals surface area contributed by atoms with E-state index in [9.17, 15) is 4.79 Å². The molecular formula is C17H19ClN2O. The van der Waals surface area contributed by atoms with Gasteiger partial charge in [-0.1, -0.05) is 54.1 Å². The molecule has 21 heavy (non-hydrogen) atoms. The topological polar surface area (TPSA) is 55.1 Å². The number of hydrogen-bond acceptors (Lipinski definition) is 2. The fourth-order valence-electron chi connectivity index (χ4n) is 2.02. The minimum absolute atomic E-state index is 0.124. The van der Waals surface area contributed by atoms with Crippen molar-refractivity contribution in [3.63, 3.8) is 0 Å². The number of aryl methyl sites for hydroxylation is 1. The van der Waals surface area contributed by atoms with Gasteiger partial charge in [0.25, 0.3) is 0 Å². The zero-order valence-electron chi connectivity index (χ0n) is 11.8. The average molecular weight is 303 g/mol. The third-order valence-electron chi connectivity index (χ3n) is 3.30. The molecule has 1 atom stereocenters. The van der Waals surface area contributed by atoms with Gasteiger partial charge in [0.15, 0.2) is 0 Å². The lowest BCUT2D eigenvalue weighted by atomic mass is 10.1. The van der Waals surface area contributed by atoms with E-state index < -0.39 is 6.04 Å². The molecule has 0 unspecified atom stereocenters. The van der Waals surface area contributed by atoms with E-state index in [0.29, 0.717) is 18.0 Å². The first kappa shape index (κ1) is 15.5. The Morgan fingerprint density at radius 2 is 1.71 bits per heavy atom. The smallest absolute Gasteiger partial charge is 0.237 e. The Labute approximate surface area is 130 Å². The third kappa shape index (κ3) is 5.21. The van der Waals surface area contributed by atoms with Crippen molar-refractivity contribution >= 4 is 17.5 Å². The van der Waals surface area contributed by atoms with E-state index in [4.69, 9.17) is 17.3 Å². The van der Waals surface area contributed by atoms with Crippen molar-refractivity contribution < 1.29 is 4.79 Å². The summed E-state index contributed by atoms with van der Waals surface area (Å²) in [5.74, 6) is -0.124. The van der Waals surface area contributed by atoms with Gasteiger partial charge in [0.1, 0.15) is 0 Å². The van der Waals surface area contributed by atoms with Crippen LogP contribution < -0.4 is 11.1 Å². The maximum Gasteiger partial charge on any atom is 0.237 e. The van der Waals surface area contributed by atoms with E-state index in [1.807, 2.05) is 42.5 Å². The van der Waals surface area contributed by atoms with Crippen LogP contribution in [0.15, 0.2) is 54.6 Å². The summed E-state index contributed by atoms with van der Waals surface area (Å²) in [4.78, 5) is 11.9. The normalized spacial score (nSPS) is 11.9. The van der Waals surface area contributed by atoms with E-state index in [1.54, 1.807) is 12.1 Å². The van der Waals surface area contributed by atoms with E-state index >= 15 is 0 Å². The maximum atomic E-state index is 11.9. The third-order valence-corrected chi connectivity index (χ3v) is 3.56. The largest absolute Gasteiger partial charge is 0.351 e. The molecule has 3 N–H and O–H groups in total. The van der Waals surface area contributed by atoms with Crippen LogP contribution in [0.5, 0.6) is 0 Å². The first-order valence-electron chi connectivity index (χ1n) is 6.97. The zero-order valence-corrected chi connectivity index (χ0v) is 12.5. The van der Waals surface area contributed by atoms with Crippen LogP contribution in [0, 0.1) is 0 Å². The molecule has 3 nitrogen and oxygen atoms in total. The Morgan fingerprint density at radius 1 is 1.05 bits per heavy atom. The zero-order chi connectivity index (χ0) is 15.1. The Hall–Kier alpha value is -1.84. The number of hydrogen-bond donors (Lipinski definition) is 2. The van der Waals surface area contributed by atoms with Crippen LogP contribution in [0.3, 0.4) is 0 Å². The molecule has 2 rings (SSSR count). The number of benzene rings is 2. The first-order valence-corrected chi connectivity index (χ1v) is 7.34. The highest BCUT2D eigenvalue weighted by Crippen LogP contribution is 2.09. The van der Waals surface area contributed by atoms with Crippen LogP contribution in [0.4, 0.5) is 0 Å². The highest BCUT2D eigenvalue weighted by molar-refractivity contribution is 6.30. The number of nitrogens with one attached hydrogen (secondary N) is 1. The minimum atomic E-state index is -0.488. The quantitative estimate of drug-likeness (QED) is 0.862. The molecule has 2 aromatic rings. The van der Waals surface area contributed by atoms with Crippen molar-refractivity contribution in [3.8, 4) is 0 Å². The Kier molecular flexibility index (Phi) is 5.78. The van der Waals surface area contributed by atoms with Crippen LogP contribution in [0.2, 0.25) is 5.02 Å². The average Bonchev–Trinajstić information content (AvgIpc) is 2.52. The first-order chi connectivity index (χ1) is 10.1. The van der Waals surface area contributed by atoms with Crippen LogP contribution in [0.25, 0.3) is 0 Å². The number of nitrogens with two attached hydrogens (primary N) is 1. The second kappa shape index (κ2) is 7.81. The fourth-order valence-corrected chi connectivity index (χ4v) is 2.15. The molecule has 0 saturated heterocycles. The summed E-state index contributed by atoms with van der Waals surface area (Å²) in [6.07, 6.45) is 1.44. The predicted octanol–water partition coefficient (Wildman–Crippen LogP) is 2.92. The van der Waals surface area contributed by atoms with Gasteiger partial charge in [-0.25, -0.2) is 0 Å². The van der Waals surface area contributed by atoms with E-state index in [0.717, 1.165) is 12.0 Å². The number of amides is 1. The molecule has 2 aromatic carbocycles. The molecule has 0 saturated carbocycles. The van der Waals surface area contributed by atoms with Crippen LogP contribution in [0.1, 0.15) is 17.5 Å². The number of halogens is 1. The van der Waals surface area contributed by atoms with Crippen molar-refractivity contribution in [1.29, 1.82) is 0 Å². The SMILES string of the molecule is N[C@@H](CCc1ccccc1)C(=O)NCc1ccc(Cl)cc1. The highest BCUT2D eigenvalue weighted by Gasteiger charge is 2.12. The van der Waals surface area contributed by atoms with E-state index in [2.05, 4.69) is 5.32 Å². The molecular weight excluding hydrogens is 284 g/mol. The van der Waals surface area contributed by atoms with Gasteiger partial charge in [0.05, 0.1) is 6.04 Å². The van der Waals surface area contributed by atoms with Crippen molar-refractivity contribution in [2.45, 2.75) is 25.4 Å². The summed E-state index contributed by atoms with van der Waals surface area (Å²) in [5.41, 5.74) is 8.12. The Balaban J connectivity index is 1.76. The molecule has 0 aromatic heterocycles. The molecule has 0 radical (unpaired) electrons. The van der Waals surface area contributed by atoms with Gasteiger partial charge >= 0.3 is 0 Å². The monoisotopic (exact) mass is 302 g/mol. The molecule has 0 aliphatic heterocycles. The van der Waals surface area contributed by atoms with Crippen LogP contribution in [-0.2, 0) is 17.8 Å². The van der Waals surface area contributed by atoms with Crippen molar-refractivity contribution in [2.24, 2.45) is 5.73 Å². The van der Waals surface area contributed by atoms with Crippen molar-refractivity contribution in [3.05, 3.63) is 70.7 Å². The predicted molar refractivity (Wildman–Crippen MR) is 86.0 cm³/mol. The standard InChI is InChI=1S/C17H19ClN2O/c18-15-9-6-14(7-10-15)12-20-17(21)16(19)11-8-13-4-2-1-3-5-13/h1-7,9-10,16H,8,11-12,19H2,(H,20,21)/t16-/m0/s1. The van der Waals surface area contributed by atoms with Crippen LogP contribution >= 0.6 is 11.6 Å². The minimum Gasteiger partial charge on any atom is -0.351 e. The fraction of sp³-hybridized carbons (Fsp3) is 0.235. The maximum absolute atomic E-state index is 11.9. The molecule has 0 heterocycles. The van der Waals surface area contributed by atoms with Gasteiger partial charge in [0.2, 0.25) is 5.91 Å². The second-order valence-corrected chi connectivity index (χ2v) is 5.41. The molecule has 0 aliphatic rings. The van der Waals surface area contributed by atoms with Crippen molar-refractivity contribution in [1.82, 2.24) is 5.32 Å². The lowest BCUT2D eigenvalue weighted by Gasteiger charge is -2.12. The van der Waals surface area contributed by atoms with Gasteiger partial charge in [-0.05, 0) is 36.1 Å². The van der Waals surface area contributed by atoms with Crippen LogP contribution in [-0.4, -0.2) is 11.9 Å². The molecule has 0 fully saturated rings. The molecule has 110 valence electrons. The van der Waals surface area contributed by atoms with Gasteiger partial charge < -0.3 is 11.1 Å². The summed E-state index contributed by atoms with van der Waals surface area (Å²) in [6, 6.07) is 16.9. The van der Waals surface area contributed by atoms with Gasteiger partial charge in [-0.15, -0.1) is 0 Å². The van der Waals surface area contributed by atoms with Crippen molar-refractivity contribution in [2.75, 3.05) is 0 Å². The summed E-state index contributed by atoms with van der Waals surface area (Å²) < 4.78 is 0. The summed E-state index contributed by atoms with van der Waals surface area (Å²) in [6.45, 7) is 0.467. The number of carbonyl (C=O) groups is 1. The molecule has 0 spiro atoms. The molecule has 1 amide bonds. The molecule has 0 aliphatic carbocycles. The van der Waals surface area contributed by atoms with Gasteiger partial charge in [0, 0.05) is 11.6 Å². The Morgan fingerprint density at radius 3 is 2.38 bits per heavy atom. The Bertz CT molecular complexity index is 569. The lowest BCUT2D eigenvalue weighted by Crippen LogP contribution is -2.40. The summed E-state index contributed by atoms with van der Waals surface area (Å²) in [5, 5.41) is 3.53. The van der Waals surface area contributed by atoms with Gasteiger partial charge in [-0.3, -0.25) is 4.79 Å². The van der Waals surface area contributed by atoms with E-state index in [1.165, 1.54) is 5.56 Å². The van der Waals surface area contributed by atoms with Gasteiger partial charge in [-0.2, -0.15) is 0 Å². The second-order valence-electron chi connectivity index (χ2n) is 4.98. The summed E-state index contributed by atoms with van der Waals surface area (Å²) >= 11 is 5.82. The summed E-state index contributed by atoms with van der Waals surface area (Å²) in [7, 11) is 0.